The summed E-state index contributed by atoms with van der Waals surface area (Å²) < 4.78 is 1.85. The van der Waals surface area contributed by atoms with Crippen LogP contribution in [0.3, 0.4) is 0 Å². The van der Waals surface area contributed by atoms with Crippen LogP contribution in [0.1, 0.15) is 12.5 Å². The van der Waals surface area contributed by atoms with E-state index in [2.05, 4.69) is 4.98 Å². The average molecular weight is 229 g/mol. The Morgan fingerprint density at radius 1 is 1.53 bits per heavy atom. The number of aromatic nitrogens is 2. The molecule has 0 N–H and O–H groups in total. The smallest absolute Gasteiger partial charge is 0.243 e. The van der Waals surface area contributed by atoms with Gasteiger partial charge < -0.3 is 4.57 Å². The Morgan fingerprint density at radius 3 is 3.00 bits per heavy atom. The summed E-state index contributed by atoms with van der Waals surface area (Å²) in [6, 6.07) is 7.47. The molecule has 1 aromatic carbocycles. The van der Waals surface area contributed by atoms with E-state index in [-0.39, 0.29) is 5.70 Å². The quantitative estimate of drug-likeness (QED) is 0.600. The van der Waals surface area contributed by atoms with Crippen molar-refractivity contribution in [1.29, 1.82) is 0 Å². The fourth-order valence-corrected chi connectivity index (χ4v) is 1.48. The lowest BCUT2D eigenvalue weighted by Crippen LogP contribution is -1.94. The van der Waals surface area contributed by atoms with Crippen LogP contribution in [0.4, 0.5) is 0 Å². The van der Waals surface area contributed by atoms with Gasteiger partial charge in [-0.2, -0.15) is 0 Å². The van der Waals surface area contributed by atoms with E-state index < -0.39 is 4.92 Å². The van der Waals surface area contributed by atoms with Crippen molar-refractivity contribution < 1.29 is 4.92 Å². The third-order valence-electron chi connectivity index (χ3n) is 2.34. The van der Waals surface area contributed by atoms with Gasteiger partial charge in [0.2, 0.25) is 5.70 Å². The van der Waals surface area contributed by atoms with Crippen LogP contribution in [0.2, 0.25) is 0 Å². The molecule has 0 aliphatic rings. The van der Waals surface area contributed by atoms with Crippen LogP contribution in [0.5, 0.6) is 0 Å². The number of nitro groups is 1. The summed E-state index contributed by atoms with van der Waals surface area (Å²) in [5, 5.41) is 10.5. The van der Waals surface area contributed by atoms with Crippen LogP contribution in [0.15, 0.2) is 48.7 Å². The normalized spacial score (nSPS) is 11.5. The number of hydrogen-bond donors (Lipinski definition) is 0. The molecule has 0 radical (unpaired) electrons. The monoisotopic (exact) mass is 229 g/mol. The molecular weight excluding hydrogens is 218 g/mol. The van der Waals surface area contributed by atoms with Gasteiger partial charge in [0.1, 0.15) is 0 Å². The van der Waals surface area contributed by atoms with Gasteiger partial charge in [0.05, 0.1) is 11.3 Å². The fraction of sp³-hybridized carbons (Fsp3) is 0.0833. The molecule has 0 saturated carbocycles. The summed E-state index contributed by atoms with van der Waals surface area (Å²) in [5.74, 6) is 0. The van der Waals surface area contributed by atoms with Crippen molar-refractivity contribution in [2.45, 2.75) is 6.92 Å². The van der Waals surface area contributed by atoms with Crippen molar-refractivity contribution in [3.05, 3.63) is 64.4 Å². The molecule has 0 aliphatic carbocycles. The number of benzene rings is 1. The molecule has 0 aliphatic heterocycles. The van der Waals surface area contributed by atoms with Crippen molar-refractivity contribution >= 4 is 6.08 Å². The first-order valence-corrected chi connectivity index (χ1v) is 5.08. The second-order valence-electron chi connectivity index (χ2n) is 3.61. The summed E-state index contributed by atoms with van der Waals surface area (Å²) in [4.78, 5) is 14.1. The molecule has 0 amide bonds. The third-order valence-corrected chi connectivity index (χ3v) is 2.34. The average Bonchev–Trinajstić information content (AvgIpc) is 2.82. The highest BCUT2D eigenvalue weighted by atomic mass is 16.6. The minimum Gasteiger partial charge on any atom is -0.306 e. The molecule has 1 heterocycles. The van der Waals surface area contributed by atoms with E-state index in [1.807, 2.05) is 35.0 Å². The lowest BCUT2D eigenvalue weighted by molar-refractivity contribution is -0.422. The first-order chi connectivity index (χ1) is 8.16. The molecule has 0 spiro atoms. The molecular formula is C12H11N3O2. The second-order valence-corrected chi connectivity index (χ2v) is 3.61. The van der Waals surface area contributed by atoms with E-state index in [1.165, 1.54) is 6.92 Å². The van der Waals surface area contributed by atoms with Gasteiger partial charge in [-0.1, -0.05) is 12.1 Å². The Labute approximate surface area is 98.2 Å². The molecule has 0 saturated heterocycles. The maximum atomic E-state index is 10.5. The van der Waals surface area contributed by atoms with Crippen molar-refractivity contribution in [3.8, 4) is 5.69 Å². The second kappa shape index (κ2) is 4.61. The van der Waals surface area contributed by atoms with Crippen LogP contribution in [0, 0.1) is 10.1 Å². The highest BCUT2D eigenvalue weighted by Gasteiger charge is 2.02. The molecule has 2 rings (SSSR count). The van der Waals surface area contributed by atoms with Crippen molar-refractivity contribution in [1.82, 2.24) is 9.55 Å². The van der Waals surface area contributed by atoms with Crippen LogP contribution >= 0.6 is 0 Å². The Hall–Kier alpha value is -2.43. The van der Waals surface area contributed by atoms with Gasteiger partial charge in [0.25, 0.3) is 0 Å². The highest BCUT2D eigenvalue weighted by Crippen LogP contribution is 2.13. The van der Waals surface area contributed by atoms with Gasteiger partial charge >= 0.3 is 0 Å². The van der Waals surface area contributed by atoms with E-state index in [4.69, 9.17) is 0 Å². The molecule has 5 nitrogen and oxygen atoms in total. The number of hydrogen-bond acceptors (Lipinski definition) is 3. The van der Waals surface area contributed by atoms with E-state index >= 15 is 0 Å². The van der Waals surface area contributed by atoms with E-state index in [0.717, 1.165) is 11.3 Å². The van der Waals surface area contributed by atoms with Crippen LogP contribution in [-0.2, 0) is 0 Å². The maximum Gasteiger partial charge on any atom is 0.243 e. The zero-order chi connectivity index (χ0) is 12.3. The van der Waals surface area contributed by atoms with Gasteiger partial charge in [-0.15, -0.1) is 0 Å². The predicted molar refractivity (Wildman–Crippen MR) is 64.2 cm³/mol. The maximum absolute atomic E-state index is 10.5. The summed E-state index contributed by atoms with van der Waals surface area (Å²) in [6.45, 7) is 1.48. The molecule has 0 atom stereocenters. The Kier molecular flexibility index (Phi) is 3.00. The minimum absolute atomic E-state index is 0.118. The summed E-state index contributed by atoms with van der Waals surface area (Å²) in [7, 11) is 0. The first kappa shape index (κ1) is 11.1. The minimum atomic E-state index is -0.399. The van der Waals surface area contributed by atoms with Gasteiger partial charge in [0, 0.05) is 31.1 Å². The summed E-state index contributed by atoms with van der Waals surface area (Å²) in [5.41, 5.74) is 1.84. The van der Waals surface area contributed by atoms with Crippen LogP contribution in [0.25, 0.3) is 11.8 Å². The van der Waals surface area contributed by atoms with Crippen LogP contribution in [-0.4, -0.2) is 14.5 Å². The fourth-order valence-electron chi connectivity index (χ4n) is 1.48. The summed E-state index contributed by atoms with van der Waals surface area (Å²) >= 11 is 0. The highest BCUT2D eigenvalue weighted by molar-refractivity contribution is 5.54. The number of imidazole rings is 1. The first-order valence-electron chi connectivity index (χ1n) is 5.08. The Morgan fingerprint density at radius 2 is 2.35 bits per heavy atom. The molecule has 1 aromatic heterocycles. The molecule has 0 unspecified atom stereocenters. The molecule has 86 valence electrons. The molecule has 0 bridgehead atoms. The number of rotatable bonds is 3. The van der Waals surface area contributed by atoms with Gasteiger partial charge in [-0.25, -0.2) is 4.98 Å². The standard InChI is InChI=1S/C12H11N3O2/c1-10(15(16)17)7-11-3-2-4-12(8-11)14-6-5-13-9-14/h2-9H,1H3. The Bertz CT molecular complexity index is 559. The van der Waals surface area contributed by atoms with Crippen LogP contribution < -0.4 is 0 Å². The lowest BCUT2D eigenvalue weighted by Gasteiger charge is -2.02. The number of nitrogens with zero attached hydrogens (tertiary/aromatic N) is 3. The van der Waals surface area contributed by atoms with E-state index in [9.17, 15) is 10.1 Å². The van der Waals surface area contributed by atoms with E-state index in [1.54, 1.807) is 18.6 Å². The number of allylic oxidation sites excluding steroid dienone is 1. The largest absolute Gasteiger partial charge is 0.306 e. The molecule has 0 fully saturated rings. The van der Waals surface area contributed by atoms with Crippen molar-refractivity contribution in [2.75, 3.05) is 0 Å². The predicted octanol–water partition coefficient (Wildman–Crippen LogP) is 2.51. The molecule has 5 heteroatoms. The Balaban J connectivity index is 2.36. The van der Waals surface area contributed by atoms with Crippen molar-refractivity contribution in [2.24, 2.45) is 0 Å². The molecule has 2 aromatic rings. The third kappa shape index (κ3) is 2.57. The van der Waals surface area contributed by atoms with Gasteiger partial charge in [-0.05, 0) is 17.7 Å². The zero-order valence-corrected chi connectivity index (χ0v) is 9.28. The van der Waals surface area contributed by atoms with Gasteiger partial charge in [0.15, 0.2) is 0 Å². The summed E-state index contributed by atoms with van der Waals surface area (Å²) in [6.07, 6.45) is 6.73. The van der Waals surface area contributed by atoms with Crippen molar-refractivity contribution in [3.63, 3.8) is 0 Å². The topological polar surface area (TPSA) is 61.0 Å². The SMILES string of the molecule is CC(=Cc1cccc(-n2ccnc2)c1)[N+](=O)[O-]. The van der Waals surface area contributed by atoms with Gasteiger partial charge in [-0.3, -0.25) is 10.1 Å². The molecule has 17 heavy (non-hydrogen) atoms. The lowest BCUT2D eigenvalue weighted by atomic mass is 10.2. The zero-order valence-electron chi connectivity index (χ0n) is 9.28. The van der Waals surface area contributed by atoms with E-state index in [0.29, 0.717) is 0 Å².